The van der Waals surface area contributed by atoms with Gasteiger partial charge in [0.1, 0.15) is 10.7 Å². The Morgan fingerprint density at radius 2 is 1.95 bits per heavy atom. The van der Waals surface area contributed by atoms with Crippen molar-refractivity contribution in [1.29, 1.82) is 0 Å². The van der Waals surface area contributed by atoms with Crippen LogP contribution in [0.25, 0.3) is 0 Å². The molecule has 1 fully saturated rings. The Hall–Kier alpha value is -1.14. The lowest BCUT2D eigenvalue weighted by Gasteiger charge is -2.32. The van der Waals surface area contributed by atoms with Crippen LogP contribution in [0, 0.1) is 11.8 Å². The third-order valence-corrected chi connectivity index (χ3v) is 5.73. The molecular weight excluding hydrogens is 274 g/mol. The lowest BCUT2D eigenvalue weighted by molar-refractivity contribution is 0.242. The topological polar surface area (TPSA) is 71.1 Å². The first-order chi connectivity index (χ1) is 9.42. The van der Waals surface area contributed by atoms with Crippen LogP contribution in [-0.4, -0.2) is 26.5 Å². The normalized spacial score (nSPS) is 27.2. The van der Waals surface area contributed by atoms with E-state index in [-0.39, 0.29) is 10.9 Å². The number of pyridine rings is 1. The maximum absolute atomic E-state index is 12.3. The van der Waals surface area contributed by atoms with Crippen LogP contribution in [0.1, 0.15) is 33.1 Å². The van der Waals surface area contributed by atoms with E-state index in [0.29, 0.717) is 17.7 Å². The van der Waals surface area contributed by atoms with Gasteiger partial charge in [0, 0.05) is 19.3 Å². The third kappa shape index (κ3) is 3.49. The van der Waals surface area contributed by atoms with Crippen molar-refractivity contribution in [2.75, 3.05) is 12.4 Å². The number of nitrogens with one attached hydrogen (secondary N) is 2. The molecule has 0 radical (unpaired) electrons. The van der Waals surface area contributed by atoms with Gasteiger partial charge in [-0.15, -0.1) is 0 Å². The second kappa shape index (κ2) is 6.10. The highest BCUT2D eigenvalue weighted by Gasteiger charge is 2.28. The predicted octanol–water partition coefficient (Wildman–Crippen LogP) is 2.23. The first-order valence-electron chi connectivity index (χ1n) is 7.08. The zero-order chi connectivity index (χ0) is 14.8. The quantitative estimate of drug-likeness (QED) is 0.894. The molecule has 3 unspecified atom stereocenters. The minimum absolute atomic E-state index is 0.0372. The molecule has 1 aromatic heterocycles. The van der Waals surface area contributed by atoms with E-state index in [0.717, 1.165) is 19.3 Å². The van der Waals surface area contributed by atoms with E-state index in [1.807, 2.05) is 0 Å². The zero-order valence-corrected chi connectivity index (χ0v) is 13.1. The monoisotopic (exact) mass is 297 g/mol. The third-order valence-electron chi connectivity index (χ3n) is 4.22. The van der Waals surface area contributed by atoms with Crippen molar-refractivity contribution in [3.8, 4) is 0 Å². The van der Waals surface area contributed by atoms with Crippen LogP contribution >= 0.6 is 0 Å². The largest absolute Gasteiger partial charge is 0.373 e. The molecule has 3 atom stereocenters. The predicted molar refractivity (Wildman–Crippen MR) is 80.1 cm³/mol. The van der Waals surface area contributed by atoms with Crippen LogP contribution < -0.4 is 10.0 Å². The van der Waals surface area contributed by atoms with Gasteiger partial charge in [0.15, 0.2) is 0 Å². The molecule has 20 heavy (non-hydrogen) atoms. The molecule has 2 rings (SSSR count). The van der Waals surface area contributed by atoms with Crippen LogP contribution in [0.2, 0.25) is 0 Å². The molecule has 1 saturated carbocycles. The van der Waals surface area contributed by atoms with Crippen molar-refractivity contribution >= 4 is 15.8 Å². The molecule has 2 N–H and O–H groups in total. The number of hydrogen-bond donors (Lipinski definition) is 2. The lowest BCUT2D eigenvalue weighted by Crippen LogP contribution is -2.39. The van der Waals surface area contributed by atoms with Gasteiger partial charge in [-0.2, -0.15) is 0 Å². The van der Waals surface area contributed by atoms with Gasteiger partial charge in [0.05, 0.1) is 0 Å². The summed E-state index contributed by atoms with van der Waals surface area (Å²) in [6, 6.07) is 3.28. The Labute approximate surface area is 121 Å². The van der Waals surface area contributed by atoms with Crippen LogP contribution in [0.5, 0.6) is 0 Å². The second-order valence-electron chi connectivity index (χ2n) is 5.71. The number of hydrogen-bond acceptors (Lipinski definition) is 4. The summed E-state index contributed by atoms with van der Waals surface area (Å²) in [6.45, 7) is 4.42. The summed E-state index contributed by atoms with van der Waals surface area (Å²) in [5.74, 6) is 1.89. The van der Waals surface area contributed by atoms with Gasteiger partial charge in [-0.05, 0) is 43.2 Å². The molecule has 1 aliphatic carbocycles. The highest BCUT2D eigenvalue weighted by atomic mass is 32.2. The van der Waals surface area contributed by atoms with E-state index < -0.39 is 10.0 Å². The highest BCUT2D eigenvalue weighted by Crippen LogP contribution is 2.30. The molecular formula is C14H23N3O2S. The molecule has 1 aliphatic rings. The molecule has 112 valence electrons. The minimum atomic E-state index is -3.47. The summed E-state index contributed by atoms with van der Waals surface area (Å²) in [7, 11) is -1.72. The average Bonchev–Trinajstić information content (AvgIpc) is 2.43. The summed E-state index contributed by atoms with van der Waals surface area (Å²) in [5.41, 5.74) is 0. The number of nitrogens with zero attached hydrogens (tertiary/aromatic N) is 1. The summed E-state index contributed by atoms with van der Waals surface area (Å²) < 4.78 is 27.4. The highest BCUT2D eigenvalue weighted by molar-refractivity contribution is 7.89. The van der Waals surface area contributed by atoms with Crippen LogP contribution in [0.15, 0.2) is 23.2 Å². The van der Waals surface area contributed by atoms with Crippen LogP contribution in [0.3, 0.4) is 0 Å². The summed E-state index contributed by atoms with van der Waals surface area (Å²) in [5, 5.41) is 2.87. The standard InChI is InChI=1S/C14H23N3O2S/c1-10-4-5-12(8-11(10)2)17-20(18,19)13-6-7-14(15-3)16-9-13/h6-7,9-12,17H,4-5,8H2,1-3H3,(H,15,16). The van der Waals surface area contributed by atoms with Crippen LogP contribution in [-0.2, 0) is 10.0 Å². The first-order valence-corrected chi connectivity index (χ1v) is 8.57. The average molecular weight is 297 g/mol. The summed E-state index contributed by atoms with van der Waals surface area (Å²) in [4.78, 5) is 4.28. The van der Waals surface area contributed by atoms with E-state index in [2.05, 4.69) is 28.9 Å². The lowest BCUT2D eigenvalue weighted by atomic mass is 9.79. The maximum atomic E-state index is 12.3. The fourth-order valence-electron chi connectivity index (χ4n) is 2.63. The second-order valence-corrected chi connectivity index (χ2v) is 7.43. The van der Waals surface area contributed by atoms with Gasteiger partial charge in [-0.1, -0.05) is 13.8 Å². The number of rotatable bonds is 4. The van der Waals surface area contributed by atoms with Gasteiger partial charge < -0.3 is 5.32 Å². The fourth-order valence-corrected chi connectivity index (χ4v) is 3.86. The Kier molecular flexibility index (Phi) is 4.65. The van der Waals surface area contributed by atoms with Gasteiger partial charge in [0.2, 0.25) is 10.0 Å². The van der Waals surface area contributed by atoms with Gasteiger partial charge >= 0.3 is 0 Å². The van der Waals surface area contributed by atoms with Crippen molar-refractivity contribution in [3.05, 3.63) is 18.3 Å². The molecule has 5 nitrogen and oxygen atoms in total. The number of aromatic nitrogens is 1. The molecule has 0 aliphatic heterocycles. The van der Waals surface area contributed by atoms with E-state index in [4.69, 9.17) is 0 Å². The molecule has 0 saturated heterocycles. The molecule has 0 bridgehead atoms. The number of anilines is 1. The molecule has 0 spiro atoms. The molecule has 1 aromatic rings. The van der Waals surface area contributed by atoms with Gasteiger partial charge in [-0.3, -0.25) is 0 Å². The van der Waals surface area contributed by atoms with Crippen LogP contribution in [0.4, 0.5) is 5.82 Å². The fraction of sp³-hybridized carbons (Fsp3) is 0.643. The SMILES string of the molecule is CNc1ccc(S(=O)(=O)NC2CCC(C)C(C)C2)cn1. The Bertz CT molecular complexity index is 542. The zero-order valence-electron chi connectivity index (χ0n) is 12.3. The van der Waals surface area contributed by atoms with Crippen molar-refractivity contribution in [2.24, 2.45) is 11.8 Å². The van der Waals surface area contributed by atoms with Crippen molar-refractivity contribution < 1.29 is 8.42 Å². The van der Waals surface area contributed by atoms with E-state index in [9.17, 15) is 8.42 Å². The Morgan fingerprint density at radius 1 is 1.20 bits per heavy atom. The summed E-state index contributed by atoms with van der Waals surface area (Å²) in [6.07, 6.45) is 4.28. The molecule has 6 heteroatoms. The van der Waals surface area contributed by atoms with Gasteiger partial charge in [-0.25, -0.2) is 18.1 Å². The Morgan fingerprint density at radius 3 is 2.50 bits per heavy atom. The van der Waals surface area contributed by atoms with Crippen molar-refractivity contribution in [2.45, 2.75) is 44.0 Å². The minimum Gasteiger partial charge on any atom is -0.373 e. The smallest absolute Gasteiger partial charge is 0.242 e. The summed E-state index contributed by atoms with van der Waals surface area (Å²) >= 11 is 0. The van der Waals surface area contributed by atoms with Gasteiger partial charge in [0.25, 0.3) is 0 Å². The van der Waals surface area contributed by atoms with Crippen molar-refractivity contribution in [1.82, 2.24) is 9.71 Å². The first kappa shape index (κ1) is 15.3. The van der Waals surface area contributed by atoms with Crippen molar-refractivity contribution in [3.63, 3.8) is 0 Å². The number of sulfonamides is 1. The molecule has 0 amide bonds. The maximum Gasteiger partial charge on any atom is 0.242 e. The van der Waals surface area contributed by atoms with E-state index in [1.54, 1.807) is 19.2 Å². The Balaban J connectivity index is 2.07. The van der Waals surface area contributed by atoms with E-state index in [1.165, 1.54) is 6.20 Å². The molecule has 0 aromatic carbocycles. The van der Waals surface area contributed by atoms with E-state index >= 15 is 0 Å². The molecule has 1 heterocycles.